The lowest BCUT2D eigenvalue weighted by molar-refractivity contribution is -0.436. The molecule has 2 atom stereocenters. The number of Topliss-reactive ketones (excluding diaryl/α,β-unsaturated/α-hetero) is 1. The lowest BCUT2D eigenvalue weighted by atomic mass is 9.81. The molecule has 0 amide bonds. The third-order valence-corrected chi connectivity index (χ3v) is 10.5. The lowest BCUT2D eigenvalue weighted by Gasteiger charge is -2.28. The first-order valence-electron chi connectivity index (χ1n) is 19.1. The molecule has 1 aliphatic rings. The topological polar surface area (TPSA) is 72.7 Å². The highest BCUT2D eigenvalue weighted by Crippen LogP contribution is 2.41. The van der Waals surface area contributed by atoms with Crippen LogP contribution >= 0.6 is 0 Å². The summed E-state index contributed by atoms with van der Waals surface area (Å²) in [4.78, 5) is 29.6. The van der Waals surface area contributed by atoms with Crippen molar-refractivity contribution < 1.29 is 24.0 Å². The number of methoxy groups -OCH3 is 1. The number of benzene rings is 4. The smallest absolute Gasteiger partial charge is 0.310 e. The van der Waals surface area contributed by atoms with E-state index in [1.165, 1.54) is 29.4 Å². The van der Waals surface area contributed by atoms with E-state index < -0.39 is 17.8 Å². The van der Waals surface area contributed by atoms with Crippen LogP contribution in [-0.4, -0.2) is 42.4 Å². The molecule has 5 rings (SSSR count). The molecule has 1 aliphatic heterocycles. The molecule has 1 heterocycles. The second kappa shape index (κ2) is 17.2. The predicted octanol–water partition coefficient (Wildman–Crippen LogP) is 9.83. The maximum absolute atomic E-state index is 15.5. The summed E-state index contributed by atoms with van der Waals surface area (Å²) in [6.07, 6.45) is 1.57. The molecule has 4 aromatic carbocycles. The fraction of sp³-hybridized carbons (Fsp3) is 0.383. The molecule has 6 heteroatoms. The Balaban J connectivity index is 1.82. The minimum absolute atomic E-state index is 0.107. The fourth-order valence-electron chi connectivity index (χ4n) is 7.71. The summed E-state index contributed by atoms with van der Waals surface area (Å²) in [6, 6.07) is 31.5. The first-order valence-corrected chi connectivity index (χ1v) is 19.1. The molecule has 0 bridgehead atoms. The number of anilines is 1. The van der Waals surface area contributed by atoms with E-state index in [-0.39, 0.29) is 41.6 Å². The Labute approximate surface area is 316 Å². The summed E-state index contributed by atoms with van der Waals surface area (Å²) in [7, 11) is 1.34. The molecule has 4 aromatic rings. The van der Waals surface area contributed by atoms with Crippen molar-refractivity contribution in [1.29, 1.82) is 0 Å². The van der Waals surface area contributed by atoms with Crippen LogP contribution in [0.4, 0.5) is 11.4 Å². The molecule has 0 N–H and O–H groups in total. The normalized spacial score (nSPS) is 14.8. The van der Waals surface area contributed by atoms with Crippen LogP contribution in [0.5, 0.6) is 0 Å². The Morgan fingerprint density at radius 2 is 1.21 bits per heavy atom. The van der Waals surface area contributed by atoms with E-state index >= 15 is 5.11 Å². The fourth-order valence-corrected chi connectivity index (χ4v) is 7.71. The third-order valence-electron chi connectivity index (χ3n) is 10.5. The maximum Gasteiger partial charge on any atom is 0.310 e. The summed E-state index contributed by atoms with van der Waals surface area (Å²) < 4.78 is 7.59. The SMILES string of the molecule is COC(=O)C(CC(=O)c1ccccc1)C(C=C([O-])C1=[N+](c2c(C(C)C)cccc2C(C)C)CCN1c1c(C(C)C)cccc1C(C)C)c1ccccc1. The number of esters is 1. The molecule has 278 valence electrons. The summed E-state index contributed by atoms with van der Waals surface area (Å²) in [5.74, 6) is -1.12. The molecule has 0 aliphatic carbocycles. The van der Waals surface area contributed by atoms with Crippen LogP contribution in [0.25, 0.3) is 0 Å². The Hall–Kier alpha value is -4.97. The lowest BCUT2D eigenvalue weighted by Crippen LogP contribution is -2.37. The zero-order valence-electron chi connectivity index (χ0n) is 32.9. The number of ether oxygens (including phenoxy) is 1. The van der Waals surface area contributed by atoms with Gasteiger partial charge < -0.3 is 9.84 Å². The molecule has 6 nitrogen and oxygen atoms in total. The number of nitrogens with zero attached hydrogens (tertiary/aromatic N) is 2. The zero-order chi connectivity index (χ0) is 38.4. The van der Waals surface area contributed by atoms with E-state index in [0.29, 0.717) is 24.5 Å². The van der Waals surface area contributed by atoms with Gasteiger partial charge >= 0.3 is 5.97 Å². The van der Waals surface area contributed by atoms with Crippen LogP contribution in [-0.2, 0) is 9.53 Å². The van der Waals surface area contributed by atoms with Crippen molar-refractivity contribution in [2.24, 2.45) is 5.92 Å². The Kier molecular flexibility index (Phi) is 12.8. The van der Waals surface area contributed by atoms with Crippen molar-refractivity contribution in [1.82, 2.24) is 0 Å². The Morgan fingerprint density at radius 1 is 0.717 bits per heavy atom. The van der Waals surface area contributed by atoms with Gasteiger partial charge in [0.15, 0.2) is 5.78 Å². The van der Waals surface area contributed by atoms with Crippen molar-refractivity contribution in [2.75, 3.05) is 25.1 Å². The van der Waals surface area contributed by atoms with Crippen molar-refractivity contribution >= 4 is 29.0 Å². The van der Waals surface area contributed by atoms with Gasteiger partial charge in [0.1, 0.15) is 24.5 Å². The van der Waals surface area contributed by atoms with Gasteiger partial charge in [0.25, 0.3) is 5.84 Å². The van der Waals surface area contributed by atoms with E-state index in [9.17, 15) is 9.59 Å². The average Bonchev–Trinajstić information content (AvgIpc) is 3.60. The van der Waals surface area contributed by atoms with Crippen LogP contribution in [0.3, 0.4) is 0 Å². The van der Waals surface area contributed by atoms with Crippen molar-refractivity contribution in [3.8, 4) is 0 Å². The molecule has 0 saturated heterocycles. The average molecular weight is 713 g/mol. The molecule has 0 radical (unpaired) electrons. The zero-order valence-corrected chi connectivity index (χ0v) is 32.9. The highest BCUT2D eigenvalue weighted by atomic mass is 16.5. The van der Waals surface area contributed by atoms with E-state index in [4.69, 9.17) is 4.74 Å². The Bertz CT molecular complexity index is 1900. The number of carbonyl (C=O) groups is 2. The number of hydrogen-bond acceptors (Lipinski definition) is 5. The summed E-state index contributed by atoms with van der Waals surface area (Å²) in [5, 5.41) is 15.5. The van der Waals surface area contributed by atoms with Crippen LogP contribution in [0.15, 0.2) is 109 Å². The highest BCUT2D eigenvalue weighted by Gasteiger charge is 2.40. The van der Waals surface area contributed by atoms with E-state index in [2.05, 4.69) is 101 Å². The highest BCUT2D eigenvalue weighted by molar-refractivity contribution is 6.07. The number of para-hydroxylation sites is 2. The Morgan fingerprint density at radius 3 is 1.70 bits per heavy atom. The largest absolute Gasteiger partial charge is 0.867 e. The van der Waals surface area contributed by atoms with E-state index in [1.807, 2.05) is 48.5 Å². The summed E-state index contributed by atoms with van der Waals surface area (Å²) >= 11 is 0. The van der Waals surface area contributed by atoms with Gasteiger partial charge in [-0.3, -0.25) is 9.59 Å². The van der Waals surface area contributed by atoms with Gasteiger partial charge in [0, 0.05) is 40.2 Å². The molecule has 53 heavy (non-hydrogen) atoms. The van der Waals surface area contributed by atoms with Gasteiger partial charge in [0.2, 0.25) is 0 Å². The van der Waals surface area contributed by atoms with E-state index in [0.717, 1.165) is 16.9 Å². The minimum Gasteiger partial charge on any atom is -0.867 e. The van der Waals surface area contributed by atoms with Crippen LogP contribution in [0, 0.1) is 5.92 Å². The number of hydrogen-bond donors (Lipinski definition) is 0. The van der Waals surface area contributed by atoms with Gasteiger partial charge in [-0.2, -0.15) is 0 Å². The number of allylic oxidation sites excluding steroid dienone is 1. The standard InChI is InChI=1S/C47H56N2O4/c1-30(2)36-22-16-23-37(31(3)4)44(36)48-26-27-49(45-38(32(5)6)24-17-25-39(45)33(7)8)46(48)43(51)28-40(34-18-12-10-13-19-34)41(47(52)53-9)29-42(50)35-20-14-11-15-21-35/h10-25,28,30-33,40-41H,26-27,29H2,1-9H3. The molecule has 0 saturated carbocycles. The van der Waals surface area contributed by atoms with Crippen molar-refractivity contribution in [2.45, 2.75) is 91.4 Å². The second-order valence-electron chi connectivity index (χ2n) is 15.4. The second-order valence-corrected chi connectivity index (χ2v) is 15.4. The van der Waals surface area contributed by atoms with Gasteiger partial charge in [-0.15, -0.1) is 0 Å². The molecule has 0 fully saturated rings. The summed E-state index contributed by atoms with van der Waals surface area (Å²) in [6.45, 7) is 18.8. The maximum atomic E-state index is 15.5. The first kappa shape index (κ1) is 39.2. The van der Waals surface area contributed by atoms with Gasteiger partial charge in [0.05, 0.1) is 13.0 Å². The number of rotatable bonds is 14. The molecular weight excluding hydrogens is 657 g/mol. The number of amidine groups is 1. The number of carbonyl (C=O) groups excluding carboxylic acids is 2. The van der Waals surface area contributed by atoms with Crippen LogP contribution in [0.1, 0.15) is 130 Å². The van der Waals surface area contributed by atoms with Gasteiger partial charge in [-0.25, -0.2) is 9.48 Å². The summed E-state index contributed by atoms with van der Waals surface area (Å²) in [5.41, 5.74) is 8.17. The van der Waals surface area contributed by atoms with Gasteiger partial charge in [-0.05, 0) is 35.0 Å². The molecule has 2 unspecified atom stereocenters. The third kappa shape index (κ3) is 8.48. The monoisotopic (exact) mass is 712 g/mol. The predicted molar refractivity (Wildman–Crippen MR) is 215 cm³/mol. The van der Waals surface area contributed by atoms with Crippen molar-refractivity contribution in [3.05, 3.63) is 142 Å². The molecule has 0 spiro atoms. The van der Waals surface area contributed by atoms with Crippen LogP contribution in [0.2, 0.25) is 0 Å². The first-order chi connectivity index (χ1) is 25.3. The quantitative estimate of drug-likeness (QED) is 0.0564. The van der Waals surface area contributed by atoms with E-state index in [1.54, 1.807) is 18.2 Å². The van der Waals surface area contributed by atoms with Crippen molar-refractivity contribution in [3.63, 3.8) is 0 Å². The molecular formula is C47H56N2O4. The van der Waals surface area contributed by atoms with Crippen LogP contribution < -0.4 is 10.0 Å². The minimum atomic E-state index is -0.925. The number of ketones is 1. The molecule has 0 aromatic heterocycles. The van der Waals surface area contributed by atoms with Gasteiger partial charge in [-0.1, -0.05) is 159 Å².